The van der Waals surface area contributed by atoms with E-state index in [4.69, 9.17) is 0 Å². The highest BCUT2D eigenvalue weighted by Crippen LogP contribution is 2.26. The van der Waals surface area contributed by atoms with Crippen LogP contribution in [0.25, 0.3) is 0 Å². The first kappa shape index (κ1) is 17.0. The molecular formula is C16H24BrNO2S. The van der Waals surface area contributed by atoms with Gasteiger partial charge in [0.2, 0.25) is 10.0 Å². The average Bonchev–Trinajstić information content (AvgIpc) is 2.48. The van der Waals surface area contributed by atoms with Crippen LogP contribution in [-0.4, -0.2) is 30.4 Å². The van der Waals surface area contributed by atoms with E-state index in [0.717, 1.165) is 18.4 Å². The number of benzene rings is 1. The van der Waals surface area contributed by atoms with E-state index in [0.29, 0.717) is 30.1 Å². The second-order valence-electron chi connectivity index (χ2n) is 5.79. The van der Waals surface area contributed by atoms with Gasteiger partial charge in [0.15, 0.2) is 0 Å². The summed E-state index contributed by atoms with van der Waals surface area (Å²) in [4.78, 5) is 0. The van der Waals surface area contributed by atoms with Crippen LogP contribution in [0.1, 0.15) is 37.7 Å². The summed E-state index contributed by atoms with van der Waals surface area (Å²) in [5, 5.41) is 0.670. The summed E-state index contributed by atoms with van der Waals surface area (Å²) in [7, 11) is -3.18. The minimum Gasteiger partial charge on any atom is -0.212 e. The molecule has 0 spiro atoms. The van der Waals surface area contributed by atoms with Crippen molar-refractivity contribution in [1.29, 1.82) is 0 Å². The van der Waals surface area contributed by atoms with E-state index in [1.165, 1.54) is 19.3 Å². The third-order valence-electron chi connectivity index (χ3n) is 4.10. The molecule has 0 bridgehead atoms. The van der Waals surface area contributed by atoms with Gasteiger partial charge in [0, 0.05) is 18.4 Å². The van der Waals surface area contributed by atoms with Crippen molar-refractivity contribution in [2.75, 3.05) is 17.6 Å². The SMILES string of the molecule is O=S(=O)(CC1CCCCC1)N(CCBr)Cc1ccccc1. The van der Waals surface area contributed by atoms with Gasteiger partial charge in [0.05, 0.1) is 5.75 Å². The molecule has 1 saturated carbocycles. The van der Waals surface area contributed by atoms with Gasteiger partial charge in [0.25, 0.3) is 0 Å². The number of sulfonamides is 1. The third-order valence-corrected chi connectivity index (χ3v) is 6.45. The van der Waals surface area contributed by atoms with Gasteiger partial charge in [-0.2, -0.15) is 4.31 Å². The normalized spacial score (nSPS) is 17.2. The summed E-state index contributed by atoms with van der Waals surface area (Å²) in [5.74, 6) is 0.657. The number of hydrogen-bond acceptors (Lipinski definition) is 2. The largest absolute Gasteiger partial charge is 0.214 e. The van der Waals surface area contributed by atoms with Gasteiger partial charge in [-0.05, 0) is 24.3 Å². The van der Waals surface area contributed by atoms with E-state index in [-0.39, 0.29) is 0 Å². The van der Waals surface area contributed by atoms with Gasteiger partial charge < -0.3 is 0 Å². The molecule has 3 nitrogen and oxygen atoms in total. The molecule has 0 N–H and O–H groups in total. The topological polar surface area (TPSA) is 37.4 Å². The number of alkyl halides is 1. The third kappa shape index (κ3) is 5.38. The Labute approximate surface area is 136 Å². The van der Waals surface area contributed by atoms with E-state index < -0.39 is 10.0 Å². The Kier molecular flexibility index (Phi) is 6.71. The molecule has 0 amide bonds. The Morgan fingerprint density at radius 1 is 1.10 bits per heavy atom. The lowest BCUT2D eigenvalue weighted by molar-refractivity contribution is 0.368. The van der Waals surface area contributed by atoms with Crippen LogP contribution in [0.15, 0.2) is 30.3 Å². The van der Waals surface area contributed by atoms with E-state index in [1.807, 2.05) is 30.3 Å². The van der Waals surface area contributed by atoms with E-state index >= 15 is 0 Å². The maximum absolute atomic E-state index is 12.7. The Bertz CT molecular complexity index is 512. The molecule has 1 aliphatic carbocycles. The fourth-order valence-corrected chi connectivity index (χ4v) is 5.47. The van der Waals surface area contributed by atoms with Crippen LogP contribution < -0.4 is 0 Å². The minimum atomic E-state index is -3.18. The fourth-order valence-electron chi connectivity index (χ4n) is 2.95. The highest BCUT2D eigenvalue weighted by Gasteiger charge is 2.26. The van der Waals surface area contributed by atoms with Gasteiger partial charge >= 0.3 is 0 Å². The van der Waals surface area contributed by atoms with Gasteiger partial charge in [-0.25, -0.2) is 8.42 Å². The molecule has 0 heterocycles. The number of hydrogen-bond donors (Lipinski definition) is 0. The van der Waals surface area contributed by atoms with Crippen LogP contribution in [0.4, 0.5) is 0 Å². The molecule has 1 aliphatic rings. The summed E-state index contributed by atoms with van der Waals surface area (Å²) >= 11 is 3.37. The first-order chi connectivity index (χ1) is 10.1. The molecule has 1 aromatic rings. The van der Waals surface area contributed by atoms with Crippen molar-refractivity contribution in [3.05, 3.63) is 35.9 Å². The Morgan fingerprint density at radius 3 is 2.38 bits per heavy atom. The van der Waals surface area contributed by atoms with Crippen LogP contribution in [-0.2, 0) is 16.6 Å². The lowest BCUT2D eigenvalue weighted by Crippen LogP contribution is -2.36. The maximum atomic E-state index is 12.7. The van der Waals surface area contributed by atoms with Crippen molar-refractivity contribution < 1.29 is 8.42 Å². The molecule has 118 valence electrons. The summed E-state index contributed by atoms with van der Waals surface area (Å²) in [5.41, 5.74) is 1.05. The monoisotopic (exact) mass is 373 g/mol. The molecule has 0 radical (unpaired) electrons. The second-order valence-corrected chi connectivity index (χ2v) is 8.60. The molecule has 0 unspecified atom stereocenters. The van der Waals surface area contributed by atoms with Crippen molar-refractivity contribution in [1.82, 2.24) is 4.31 Å². The highest BCUT2D eigenvalue weighted by molar-refractivity contribution is 9.09. The number of rotatable bonds is 7. The van der Waals surface area contributed by atoms with Crippen molar-refractivity contribution in [2.24, 2.45) is 5.92 Å². The molecule has 0 aromatic heterocycles. The summed E-state index contributed by atoms with van der Waals surface area (Å²) in [6.07, 6.45) is 5.74. The Balaban J connectivity index is 2.04. The zero-order valence-electron chi connectivity index (χ0n) is 12.4. The first-order valence-corrected chi connectivity index (χ1v) is 10.4. The van der Waals surface area contributed by atoms with Crippen LogP contribution in [0.2, 0.25) is 0 Å². The van der Waals surface area contributed by atoms with E-state index in [2.05, 4.69) is 15.9 Å². The van der Waals surface area contributed by atoms with Crippen molar-refractivity contribution in [3.63, 3.8) is 0 Å². The van der Waals surface area contributed by atoms with Crippen LogP contribution in [0, 0.1) is 5.92 Å². The van der Waals surface area contributed by atoms with Gasteiger partial charge in [-0.1, -0.05) is 65.5 Å². The minimum absolute atomic E-state index is 0.312. The standard InChI is InChI=1S/C16H24BrNO2S/c17-11-12-18(13-15-7-3-1-4-8-15)21(19,20)14-16-9-5-2-6-10-16/h1,3-4,7-8,16H,2,5-6,9-14H2. The van der Waals surface area contributed by atoms with Crippen molar-refractivity contribution in [2.45, 2.75) is 38.6 Å². The molecule has 1 aromatic carbocycles. The van der Waals surface area contributed by atoms with Crippen LogP contribution >= 0.6 is 15.9 Å². The fraction of sp³-hybridized carbons (Fsp3) is 0.625. The molecule has 0 atom stereocenters. The molecule has 21 heavy (non-hydrogen) atoms. The van der Waals surface area contributed by atoms with E-state index in [9.17, 15) is 8.42 Å². The highest BCUT2D eigenvalue weighted by atomic mass is 79.9. The Hall–Kier alpha value is -0.390. The quantitative estimate of drug-likeness (QED) is 0.681. The number of halogens is 1. The predicted molar refractivity (Wildman–Crippen MR) is 91.0 cm³/mol. The average molecular weight is 374 g/mol. The second kappa shape index (κ2) is 8.30. The molecule has 0 saturated heterocycles. The summed E-state index contributed by atoms with van der Waals surface area (Å²) in [6, 6.07) is 9.83. The smallest absolute Gasteiger partial charge is 0.212 e. The lowest BCUT2D eigenvalue weighted by Gasteiger charge is -2.26. The molecule has 5 heteroatoms. The molecule has 0 aliphatic heterocycles. The van der Waals surface area contributed by atoms with Crippen LogP contribution in [0.3, 0.4) is 0 Å². The summed E-state index contributed by atoms with van der Waals surface area (Å²) in [6.45, 7) is 1.01. The zero-order chi connectivity index (χ0) is 15.1. The van der Waals surface area contributed by atoms with E-state index in [1.54, 1.807) is 4.31 Å². The zero-order valence-corrected chi connectivity index (χ0v) is 14.8. The molecular weight excluding hydrogens is 350 g/mol. The van der Waals surface area contributed by atoms with Crippen LogP contribution in [0.5, 0.6) is 0 Å². The summed E-state index contributed by atoms with van der Waals surface area (Å²) < 4.78 is 27.0. The van der Waals surface area contributed by atoms with Gasteiger partial charge in [-0.15, -0.1) is 0 Å². The Morgan fingerprint density at radius 2 is 1.76 bits per heavy atom. The predicted octanol–water partition coefficient (Wildman–Crippen LogP) is 3.79. The van der Waals surface area contributed by atoms with Crippen molar-refractivity contribution in [3.8, 4) is 0 Å². The lowest BCUT2D eigenvalue weighted by atomic mass is 9.91. The van der Waals surface area contributed by atoms with Gasteiger partial charge in [-0.3, -0.25) is 0 Å². The molecule has 1 fully saturated rings. The first-order valence-electron chi connectivity index (χ1n) is 7.69. The number of nitrogens with zero attached hydrogens (tertiary/aromatic N) is 1. The maximum Gasteiger partial charge on any atom is 0.214 e. The van der Waals surface area contributed by atoms with Gasteiger partial charge in [0.1, 0.15) is 0 Å². The van der Waals surface area contributed by atoms with Crippen molar-refractivity contribution >= 4 is 26.0 Å². The molecule has 2 rings (SSSR count).